The molecule has 0 heterocycles. The van der Waals surface area contributed by atoms with Crippen LogP contribution in [0.15, 0.2) is 12.2 Å². The summed E-state index contributed by atoms with van der Waals surface area (Å²) in [6, 6.07) is 0. The van der Waals surface area contributed by atoms with E-state index in [1.54, 1.807) is 19.1 Å². The third kappa shape index (κ3) is 3.85. The molecule has 82 valence electrons. The fourth-order valence-corrected chi connectivity index (χ4v) is 0.898. The van der Waals surface area contributed by atoms with Crippen molar-refractivity contribution in [3.63, 3.8) is 0 Å². The number of alkyl halides is 2. The molecule has 1 unspecified atom stereocenters. The predicted molar refractivity (Wildman–Crippen MR) is 52.2 cm³/mol. The molecule has 1 atom stereocenters. The summed E-state index contributed by atoms with van der Waals surface area (Å²) in [5.41, 5.74) is 0. The molecule has 2 nitrogen and oxygen atoms in total. The van der Waals surface area contributed by atoms with Gasteiger partial charge in [0.25, 0.3) is 5.92 Å². The zero-order chi connectivity index (χ0) is 11.2. The van der Waals surface area contributed by atoms with Gasteiger partial charge >= 0.3 is 0 Å². The monoisotopic (exact) mass is 205 g/mol. The van der Waals surface area contributed by atoms with Gasteiger partial charge in [-0.15, -0.1) is 0 Å². The molecule has 1 N–H and O–H groups in total. The van der Waals surface area contributed by atoms with E-state index in [2.05, 4.69) is 5.32 Å². The quantitative estimate of drug-likeness (QED) is 0.704. The number of allylic oxidation sites excluding steroid dienone is 1. The minimum absolute atomic E-state index is 0.297. The van der Waals surface area contributed by atoms with Crippen LogP contribution in [0.1, 0.15) is 27.2 Å². The third-order valence-corrected chi connectivity index (χ3v) is 1.77. The number of carbonyl (C=O) groups is 1. The maximum atomic E-state index is 12.3. The first kappa shape index (κ1) is 13.1. The van der Waals surface area contributed by atoms with Crippen LogP contribution in [-0.4, -0.2) is 18.4 Å². The Morgan fingerprint density at radius 3 is 2.43 bits per heavy atom. The number of hydrogen-bond acceptors (Lipinski definition) is 1. The summed E-state index contributed by atoms with van der Waals surface area (Å²) in [6.45, 7) is 6.14. The summed E-state index contributed by atoms with van der Waals surface area (Å²) < 4.78 is 24.6. The minimum Gasteiger partial charge on any atom is -0.352 e. The van der Waals surface area contributed by atoms with Crippen LogP contribution in [0.4, 0.5) is 8.78 Å². The maximum absolute atomic E-state index is 12.3. The number of rotatable bonds is 3. The van der Waals surface area contributed by atoms with E-state index in [4.69, 9.17) is 0 Å². The van der Waals surface area contributed by atoms with Crippen LogP contribution in [0.25, 0.3) is 0 Å². The van der Waals surface area contributed by atoms with Crippen LogP contribution in [0.2, 0.25) is 0 Å². The summed E-state index contributed by atoms with van der Waals surface area (Å²) in [4.78, 5) is 10.9. The normalized spacial score (nSPS) is 22.5. The van der Waals surface area contributed by atoms with E-state index in [9.17, 15) is 13.6 Å². The molecule has 0 aliphatic heterocycles. The summed E-state index contributed by atoms with van der Waals surface area (Å²) in [7, 11) is 0. The van der Waals surface area contributed by atoms with Gasteiger partial charge in [-0.25, -0.2) is 8.78 Å². The van der Waals surface area contributed by atoms with Gasteiger partial charge in [0.05, 0.1) is 0 Å². The van der Waals surface area contributed by atoms with Crippen molar-refractivity contribution in [1.82, 2.24) is 5.32 Å². The van der Waals surface area contributed by atoms with Gasteiger partial charge in [-0.1, -0.05) is 26.0 Å². The summed E-state index contributed by atoms with van der Waals surface area (Å²) >= 11 is 0. The van der Waals surface area contributed by atoms with Gasteiger partial charge in [-0.3, -0.25) is 4.79 Å². The molecule has 0 aromatic carbocycles. The topological polar surface area (TPSA) is 29.1 Å². The van der Waals surface area contributed by atoms with Gasteiger partial charge in [0, 0.05) is 13.0 Å². The SMILES string of the molecule is C/C=C/CNC(=O)C1CC1(F)F.CC. The Labute approximate surface area is 83.4 Å². The molecular formula is C10H17F2NO. The summed E-state index contributed by atoms with van der Waals surface area (Å²) in [6.07, 6.45) is 3.17. The molecule has 0 spiro atoms. The minimum atomic E-state index is -2.75. The fourth-order valence-electron chi connectivity index (χ4n) is 0.898. The average Bonchev–Trinajstić information content (AvgIpc) is 2.79. The Hall–Kier alpha value is -0.930. The number of carbonyl (C=O) groups excluding carboxylic acids is 1. The molecule has 14 heavy (non-hydrogen) atoms. The predicted octanol–water partition coefficient (Wildman–Crippen LogP) is 2.36. The van der Waals surface area contributed by atoms with Crippen LogP contribution >= 0.6 is 0 Å². The van der Waals surface area contributed by atoms with E-state index in [-0.39, 0.29) is 6.42 Å². The van der Waals surface area contributed by atoms with Crippen LogP contribution in [0, 0.1) is 5.92 Å². The van der Waals surface area contributed by atoms with E-state index in [1.165, 1.54) is 0 Å². The number of hydrogen-bond donors (Lipinski definition) is 1. The first-order valence-electron chi connectivity index (χ1n) is 4.84. The zero-order valence-corrected chi connectivity index (χ0v) is 8.81. The Kier molecular flexibility index (Phi) is 5.35. The van der Waals surface area contributed by atoms with E-state index >= 15 is 0 Å². The second kappa shape index (κ2) is 5.73. The molecule has 1 fully saturated rings. The Morgan fingerprint density at radius 2 is 2.07 bits per heavy atom. The lowest BCUT2D eigenvalue weighted by Gasteiger charge is -1.99. The molecule has 0 aromatic heterocycles. The van der Waals surface area contributed by atoms with Crippen molar-refractivity contribution >= 4 is 5.91 Å². The van der Waals surface area contributed by atoms with Gasteiger partial charge in [-0.2, -0.15) is 0 Å². The van der Waals surface area contributed by atoms with E-state index in [0.717, 1.165) is 0 Å². The number of amides is 1. The largest absolute Gasteiger partial charge is 0.352 e. The van der Waals surface area contributed by atoms with Gasteiger partial charge in [-0.05, 0) is 6.92 Å². The van der Waals surface area contributed by atoms with Gasteiger partial charge < -0.3 is 5.32 Å². The fraction of sp³-hybridized carbons (Fsp3) is 0.700. The molecule has 0 bridgehead atoms. The van der Waals surface area contributed by atoms with Gasteiger partial charge in [0.2, 0.25) is 5.91 Å². The molecule has 1 rings (SSSR count). The van der Waals surface area contributed by atoms with Crippen molar-refractivity contribution in [2.24, 2.45) is 5.92 Å². The molecule has 1 aliphatic carbocycles. The zero-order valence-electron chi connectivity index (χ0n) is 8.81. The van der Waals surface area contributed by atoms with Gasteiger partial charge in [0.1, 0.15) is 5.92 Å². The Morgan fingerprint density at radius 1 is 1.57 bits per heavy atom. The third-order valence-electron chi connectivity index (χ3n) is 1.77. The lowest BCUT2D eigenvalue weighted by molar-refractivity contribution is -0.124. The molecule has 4 heteroatoms. The standard InChI is InChI=1S/C8H11F2NO.C2H6/c1-2-3-4-11-7(12)6-5-8(6,9)10;1-2/h2-3,6H,4-5H2,1H3,(H,11,12);1-2H3/b3-2+;. The Bertz CT molecular complexity index is 214. The lowest BCUT2D eigenvalue weighted by Crippen LogP contribution is -2.27. The highest BCUT2D eigenvalue weighted by molar-refractivity contribution is 5.82. The second-order valence-electron chi connectivity index (χ2n) is 2.83. The van der Waals surface area contributed by atoms with Crippen molar-refractivity contribution in [1.29, 1.82) is 0 Å². The molecule has 1 amide bonds. The maximum Gasteiger partial charge on any atom is 0.260 e. The lowest BCUT2D eigenvalue weighted by atomic mass is 10.4. The van der Waals surface area contributed by atoms with E-state index in [0.29, 0.717) is 6.54 Å². The van der Waals surface area contributed by atoms with Crippen molar-refractivity contribution in [3.05, 3.63) is 12.2 Å². The van der Waals surface area contributed by atoms with Gasteiger partial charge in [0.15, 0.2) is 0 Å². The van der Waals surface area contributed by atoms with E-state index in [1.807, 2.05) is 13.8 Å². The van der Waals surface area contributed by atoms with Crippen LogP contribution in [0.5, 0.6) is 0 Å². The number of halogens is 2. The van der Waals surface area contributed by atoms with Crippen molar-refractivity contribution in [2.45, 2.75) is 33.1 Å². The highest BCUT2D eigenvalue weighted by Gasteiger charge is 2.61. The molecule has 0 saturated heterocycles. The van der Waals surface area contributed by atoms with Crippen molar-refractivity contribution in [2.75, 3.05) is 6.54 Å². The van der Waals surface area contributed by atoms with Crippen LogP contribution < -0.4 is 5.32 Å². The molecular weight excluding hydrogens is 188 g/mol. The summed E-state index contributed by atoms with van der Waals surface area (Å²) in [5, 5.41) is 2.40. The van der Waals surface area contributed by atoms with E-state index < -0.39 is 17.7 Å². The van der Waals surface area contributed by atoms with Crippen LogP contribution in [0.3, 0.4) is 0 Å². The molecule has 1 aliphatic rings. The number of nitrogens with one attached hydrogen (secondary N) is 1. The van der Waals surface area contributed by atoms with Crippen LogP contribution in [-0.2, 0) is 4.79 Å². The highest BCUT2D eigenvalue weighted by atomic mass is 19.3. The molecule has 0 radical (unpaired) electrons. The average molecular weight is 205 g/mol. The highest BCUT2D eigenvalue weighted by Crippen LogP contribution is 2.48. The smallest absolute Gasteiger partial charge is 0.260 e. The molecule has 1 saturated carbocycles. The van der Waals surface area contributed by atoms with Crippen molar-refractivity contribution in [3.8, 4) is 0 Å². The molecule has 0 aromatic rings. The first-order valence-corrected chi connectivity index (χ1v) is 4.84. The second-order valence-corrected chi connectivity index (χ2v) is 2.83. The Balaban J connectivity index is 0.000000791. The van der Waals surface area contributed by atoms with Crippen molar-refractivity contribution < 1.29 is 13.6 Å². The summed E-state index contributed by atoms with van der Waals surface area (Å²) in [5.74, 6) is -4.37. The first-order chi connectivity index (χ1) is 6.58.